The van der Waals surface area contributed by atoms with Crippen LogP contribution in [-0.2, 0) is 14.3 Å². The van der Waals surface area contributed by atoms with Crippen LogP contribution in [-0.4, -0.2) is 25.2 Å². The molecule has 22 heavy (non-hydrogen) atoms. The highest BCUT2D eigenvalue weighted by atomic mass is 16.6. The molecule has 1 unspecified atom stereocenters. The van der Waals surface area contributed by atoms with Gasteiger partial charge >= 0.3 is 11.9 Å². The molecule has 0 spiro atoms. The molecule has 0 saturated heterocycles. The van der Waals surface area contributed by atoms with Crippen LogP contribution in [0.1, 0.15) is 23.7 Å². The number of carbonyl (C=O) groups is 2. The van der Waals surface area contributed by atoms with Crippen LogP contribution in [0.5, 0.6) is 0 Å². The number of rotatable bonds is 5. The smallest absolute Gasteiger partial charge is 0.347 e. The normalized spacial score (nSPS) is 11.5. The van der Waals surface area contributed by atoms with Crippen molar-refractivity contribution in [2.45, 2.75) is 19.4 Å². The second-order valence-electron chi connectivity index (χ2n) is 4.74. The molecule has 0 heterocycles. The fourth-order valence-electron chi connectivity index (χ4n) is 2.15. The number of carbonyl (C=O) groups excluding carboxylic acids is 2. The first kappa shape index (κ1) is 15.8. The SMILES string of the molecule is CCC(OC(=O)c1ccccc1-c1ccccc1)C(=O)OC. The Kier molecular flexibility index (Phi) is 5.31. The van der Waals surface area contributed by atoms with Gasteiger partial charge in [0.2, 0.25) is 0 Å². The Labute approximate surface area is 129 Å². The van der Waals surface area contributed by atoms with Crippen LogP contribution in [0.2, 0.25) is 0 Å². The molecule has 0 bridgehead atoms. The van der Waals surface area contributed by atoms with E-state index in [9.17, 15) is 9.59 Å². The summed E-state index contributed by atoms with van der Waals surface area (Å²) < 4.78 is 9.93. The molecule has 4 nitrogen and oxygen atoms in total. The van der Waals surface area contributed by atoms with Crippen LogP contribution in [0.25, 0.3) is 11.1 Å². The van der Waals surface area contributed by atoms with E-state index in [1.165, 1.54) is 7.11 Å². The topological polar surface area (TPSA) is 52.6 Å². The van der Waals surface area contributed by atoms with E-state index < -0.39 is 18.0 Å². The van der Waals surface area contributed by atoms with Gasteiger partial charge in [-0.3, -0.25) is 0 Å². The van der Waals surface area contributed by atoms with Crippen LogP contribution in [0, 0.1) is 0 Å². The van der Waals surface area contributed by atoms with E-state index >= 15 is 0 Å². The summed E-state index contributed by atoms with van der Waals surface area (Å²) in [4.78, 5) is 24.0. The summed E-state index contributed by atoms with van der Waals surface area (Å²) in [6.45, 7) is 1.76. The Hall–Kier alpha value is -2.62. The van der Waals surface area contributed by atoms with E-state index in [1.807, 2.05) is 42.5 Å². The van der Waals surface area contributed by atoms with Gasteiger partial charge in [0, 0.05) is 0 Å². The van der Waals surface area contributed by atoms with Crippen LogP contribution in [0.4, 0.5) is 0 Å². The average molecular weight is 298 g/mol. The van der Waals surface area contributed by atoms with Crippen molar-refractivity contribution in [1.82, 2.24) is 0 Å². The van der Waals surface area contributed by atoms with Crippen molar-refractivity contribution < 1.29 is 19.1 Å². The van der Waals surface area contributed by atoms with Gasteiger partial charge in [-0.2, -0.15) is 0 Å². The summed E-state index contributed by atoms with van der Waals surface area (Å²) in [6, 6.07) is 16.7. The summed E-state index contributed by atoms with van der Waals surface area (Å²) in [7, 11) is 1.27. The molecule has 0 amide bonds. The van der Waals surface area contributed by atoms with Crippen molar-refractivity contribution in [2.24, 2.45) is 0 Å². The molecule has 2 aromatic rings. The molecule has 0 aliphatic heterocycles. The first-order chi connectivity index (χ1) is 10.7. The van der Waals surface area contributed by atoms with Gasteiger partial charge in [0.15, 0.2) is 6.10 Å². The van der Waals surface area contributed by atoms with Crippen molar-refractivity contribution in [3.63, 3.8) is 0 Å². The maximum Gasteiger partial charge on any atom is 0.347 e. The first-order valence-electron chi connectivity index (χ1n) is 7.10. The molecule has 0 saturated carbocycles. The van der Waals surface area contributed by atoms with Crippen molar-refractivity contribution in [3.05, 3.63) is 60.2 Å². The number of hydrogen-bond acceptors (Lipinski definition) is 4. The second-order valence-corrected chi connectivity index (χ2v) is 4.74. The van der Waals surface area contributed by atoms with Crippen LogP contribution < -0.4 is 0 Å². The second kappa shape index (κ2) is 7.41. The molecule has 0 aromatic heterocycles. The molecule has 0 fully saturated rings. The number of methoxy groups -OCH3 is 1. The molecule has 2 aromatic carbocycles. The lowest BCUT2D eigenvalue weighted by atomic mass is 10.00. The highest BCUT2D eigenvalue weighted by Crippen LogP contribution is 2.24. The van der Waals surface area contributed by atoms with Gasteiger partial charge < -0.3 is 9.47 Å². The molecule has 0 radical (unpaired) electrons. The van der Waals surface area contributed by atoms with Crippen LogP contribution >= 0.6 is 0 Å². The molecular weight excluding hydrogens is 280 g/mol. The third kappa shape index (κ3) is 3.52. The molecule has 0 aliphatic carbocycles. The van der Waals surface area contributed by atoms with E-state index in [0.29, 0.717) is 12.0 Å². The fourth-order valence-corrected chi connectivity index (χ4v) is 2.15. The molecule has 2 rings (SSSR count). The van der Waals surface area contributed by atoms with Crippen LogP contribution in [0.3, 0.4) is 0 Å². The largest absolute Gasteiger partial charge is 0.466 e. The summed E-state index contributed by atoms with van der Waals surface area (Å²) in [6.07, 6.45) is -0.521. The van der Waals surface area contributed by atoms with E-state index in [4.69, 9.17) is 4.74 Å². The van der Waals surface area contributed by atoms with Crippen molar-refractivity contribution in [3.8, 4) is 11.1 Å². The zero-order chi connectivity index (χ0) is 15.9. The summed E-state index contributed by atoms with van der Waals surface area (Å²) >= 11 is 0. The minimum absolute atomic E-state index is 0.367. The van der Waals surface area contributed by atoms with Gasteiger partial charge in [-0.15, -0.1) is 0 Å². The lowest BCUT2D eigenvalue weighted by Gasteiger charge is -2.15. The molecule has 0 N–H and O–H groups in total. The summed E-state index contributed by atoms with van der Waals surface area (Å²) in [5.41, 5.74) is 2.12. The van der Waals surface area contributed by atoms with Gasteiger partial charge in [-0.05, 0) is 23.6 Å². The van der Waals surface area contributed by atoms with Crippen molar-refractivity contribution in [2.75, 3.05) is 7.11 Å². The molecule has 1 atom stereocenters. The molecule has 0 aliphatic rings. The monoisotopic (exact) mass is 298 g/mol. The van der Waals surface area contributed by atoms with Gasteiger partial charge in [0.1, 0.15) is 0 Å². The van der Waals surface area contributed by atoms with E-state index in [2.05, 4.69) is 4.74 Å². The maximum atomic E-state index is 12.4. The lowest BCUT2D eigenvalue weighted by Crippen LogP contribution is -2.28. The Morgan fingerprint density at radius 2 is 1.64 bits per heavy atom. The zero-order valence-electron chi connectivity index (χ0n) is 12.6. The third-order valence-corrected chi connectivity index (χ3v) is 3.32. The number of ether oxygens (including phenoxy) is 2. The molecule has 4 heteroatoms. The zero-order valence-corrected chi connectivity index (χ0v) is 12.6. The minimum atomic E-state index is -0.888. The molecular formula is C18H18O4. The van der Waals surface area contributed by atoms with E-state index in [1.54, 1.807) is 19.1 Å². The maximum absolute atomic E-state index is 12.4. The quantitative estimate of drug-likeness (QED) is 0.793. The van der Waals surface area contributed by atoms with Gasteiger partial charge in [0.05, 0.1) is 12.7 Å². The highest BCUT2D eigenvalue weighted by Gasteiger charge is 2.23. The van der Waals surface area contributed by atoms with Gasteiger partial charge in [-0.25, -0.2) is 9.59 Å². The Morgan fingerprint density at radius 1 is 1.00 bits per heavy atom. The lowest BCUT2D eigenvalue weighted by molar-refractivity contribution is -0.151. The fraction of sp³-hybridized carbons (Fsp3) is 0.222. The third-order valence-electron chi connectivity index (χ3n) is 3.32. The predicted octanol–water partition coefficient (Wildman–Crippen LogP) is 3.46. The number of esters is 2. The first-order valence-corrected chi connectivity index (χ1v) is 7.10. The average Bonchev–Trinajstić information content (AvgIpc) is 2.59. The predicted molar refractivity (Wildman–Crippen MR) is 83.4 cm³/mol. The van der Waals surface area contributed by atoms with E-state index in [0.717, 1.165) is 11.1 Å². The van der Waals surface area contributed by atoms with Crippen molar-refractivity contribution in [1.29, 1.82) is 0 Å². The van der Waals surface area contributed by atoms with Crippen LogP contribution in [0.15, 0.2) is 54.6 Å². The van der Waals surface area contributed by atoms with Gasteiger partial charge in [-0.1, -0.05) is 55.5 Å². The van der Waals surface area contributed by atoms with Crippen molar-refractivity contribution >= 4 is 11.9 Å². The summed E-state index contributed by atoms with van der Waals surface area (Å²) in [5.74, 6) is -1.08. The summed E-state index contributed by atoms with van der Waals surface area (Å²) in [5, 5.41) is 0. The highest BCUT2D eigenvalue weighted by molar-refractivity contribution is 5.98. The standard InChI is InChI=1S/C18H18O4/c1-3-16(18(20)21-2)22-17(19)15-12-8-7-11-14(15)13-9-5-4-6-10-13/h4-12,16H,3H2,1-2H3. The van der Waals surface area contributed by atoms with E-state index in [-0.39, 0.29) is 0 Å². The Balaban J connectivity index is 2.29. The number of benzene rings is 2. The molecule has 114 valence electrons. The van der Waals surface area contributed by atoms with Gasteiger partial charge in [0.25, 0.3) is 0 Å². The number of hydrogen-bond donors (Lipinski definition) is 0. The Bertz CT molecular complexity index is 649. The minimum Gasteiger partial charge on any atom is -0.466 e. The Morgan fingerprint density at radius 3 is 2.27 bits per heavy atom.